The molecular formula is C17H17BrN2O. The van der Waals surface area contributed by atoms with E-state index in [-0.39, 0.29) is 6.04 Å². The smallest absolute Gasteiger partial charge is 0.197 e. The summed E-state index contributed by atoms with van der Waals surface area (Å²) >= 11 is 3.51. The van der Waals surface area contributed by atoms with Gasteiger partial charge in [-0.3, -0.25) is 0 Å². The second kappa shape index (κ2) is 6.00. The number of halogens is 1. The van der Waals surface area contributed by atoms with Gasteiger partial charge in [-0.2, -0.15) is 0 Å². The molecule has 0 spiro atoms. The maximum atomic E-state index is 5.83. The van der Waals surface area contributed by atoms with E-state index in [9.17, 15) is 0 Å². The fraction of sp³-hybridized carbons (Fsp3) is 0.235. The molecule has 0 radical (unpaired) electrons. The Bertz CT molecular complexity index is 733. The molecule has 21 heavy (non-hydrogen) atoms. The third-order valence-corrected chi connectivity index (χ3v) is 4.17. The molecule has 0 saturated heterocycles. The maximum absolute atomic E-state index is 5.83. The van der Waals surface area contributed by atoms with E-state index in [1.54, 1.807) is 0 Å². The summed E-state index contributed by atoms with van der Waals surface area (Å²) in [5.41, 5.74) is 4.27. The monoisotopic (exact) mass is 344 g/mol. The van der Waals surface area contributed by atoms with Crippen molar-refractivity contribution < 1.29 is 4.42 Å². The minimum atomic E-state index is 0.186. The number of oxazole rings is 1. The van der Waals surface area contributed by atoms with Crippen molar-refractivity contribution in [3.8, 4) is 0 Å². The Morgan fingerprint density at radius 1 is 1.24 bits per heavy atom. The molecular weight excluding hydrogens is 328 g/mol. The number of nitrogens with one attached hydrogen (secondary N) is 1. The van der Waals surface area contributed by atoms with Crippen LogP contribution in [0.25, 0.3) is 11.1 Å². The summed E-state index contributed by atoms with van der Waals surface area (Å²) < 4.78 is 6.92. The van der Waals surface area contributed by atoms with Gasteiger partial charge >= 0.3 is 0 Å². The number of hydrogen-bond acceptors (Lipinski definition) is 3. The SMILES string of the molecule is CNC(Cc1nc2ccccc2o1)c1ccc(Br)cc1C. The first kappa shape index (κ1) is 14.3. The van der Waals surface area contributed by atoms with Gasteiger partial charge in [-0.25, -0.2) is 4.98 Å². The zero-order chi connectivity index (χ0) is 14.8. The normalized spacial score (nSPS) is 12.7. The number of aromatic nitrogens is 1. The van der Waals surface area contributed by atoms with Crippen LogP contribution in [0.1, 0.15) is 23.1 Å². The van der Waals surface area contributed by atoms with Crippen molar-refractivity contribution in [1.29, 1.82) is 0 Å². The highest BCUT2D eigenvalue weighted by Crippen LogP contribution is 2.25. The average Bonchev–Trinajstić information content (AvgIpc) is 2.87. The number of likely N-dealkylation sites (N-methyl/N-ethyl adjacent to an activating group) is 1. The second-order valence-corrected chi connectivity index (χ2v) is 6.04. The van der Waals surface area contributed by atoms with Gasteiger partial charge in [-0.05, 0) is 49.4 Å². The number of hydrogen-bond donors (Lipinski definition) is 1. The molecule has 108 valence electrons. The van der Waals surface area contributed by atoms with Gasteiger partial charge < -0.3 is 9.73 Å². The molecule has 1 unspecified atom stereocenters. The lowest BCUT2D eigenvalue weighted by Gasteiger charge is -2.17. The van der Waals surface area contributed by atoms with Crippen LogP contribution in [-0.4, -0.2) is 12.0 Å². The molecule has 3 nitrogen and oxygen atoms in total. The maximum Gasteiger partial charge on any atom is 0.197 e. The van der Waals surface area contributed by atoms with E-state index < -0.39 is 0 Å². The van der Waals surface area contributed by atoms with Crippen LogP contribution < -0.4 is 5.32 Å². The van der Waals surface area contributed by atoms with Crippen molar-refractivity contribution in [2.24, 2.45) is 0 Å². The number of rotatable bonds is 4. The Hall–Kier alpha value is -1.65. The lowest BCUT2D eigenvalue weighted by Crippen LogP contribution is -2.20. The Morgan fingerprint density at radius 3 is 2.76 bits per heavy atom. The topological polar surface area (TPSA) is 38.1 Å². The molecule has 0 fully saturated rings. The van der Waals surface area contributed by atoms with Gasteiger partial charge in [-0.1, -0.05) is 34.1 Å². The Morgan fingerprint density at radius 2 is 2.05 bits per heavy atom. The average molecular weight is 345 g/mol. The molecule has 4 heteroatoms. The molecule has 1 atom stereocenters. The van der Waals surface area contributed by atoms with Gasteiger partial charge in [0, 0.05) is 16.9 Å². The summed E-state index contributed by atoms with van der Waals surface area (Å²) in [6, 6.07) is 14.4. The first-order chi connectivity index (χ1) is 10.2. The number of aryl methyl sites for hydroxylation is 1. The van der Waals surface area contributed by atoms with Crippen molar-refractivity contribution in [2.75, 3.05) is 7.05 Å². The summed E-state index contributed by atoms with van der Waals surface area (Å²) in [5.74, 6) is 0.762. The molecule has 0 aliphatic heterocycles. The van der Waals surface area contributed by atoms with Gasteiger partial charge in [0.25, 0.3) is 0 Å². The number of para-hydroxylation sites is 2. The standard InChI is InChI=1S/C17H17BrN2O/c1-11-9-12(18)7-8-13(11)15(19-2)10-17-20-14-5-3-4-6-16(14)21-17/h3-9,15,19H,10H2,1-2H3. The van der Waals surface area contributed by atoms with Crippen molar-refractivity contribution in [1.82, 2.24) is 10.3 Å². The van der Waals surface area contributed by atoms with Crippen LogP contribution in [0, 0.1) is 6.92 Å². The minimum Gasteiger partial charge on any atom is -0.441 e. The molecule has 0 aliphatic carbocycles. The first-order valence-electron chi connectivity index (χ1n) is 6.95. The van der Waals surface area contributed by atoms with E-state index in [1.165, 1.54) is 11.1 Å². The van der Waals surface area contributed by atoms with E-state index in [0.717, 1.165) is 27.9 Å². The quantitative estimate of drug-likeness (QED) is 0.762. The highest BCUT2D eigenvalue weighted by molar-refractivity contribution is 9.10. The Kier molecular flexibility index (Phi) is 4.08. The molecule has 0 amide bonds. The van der Waals surface area contributed by atoms with Crippen LogP contribution in [0.2, 0.25) is 0 Å². The van der Waals surface area contributed by atoms with Crippen molar-refractivity contribution in [3.05, 3.63) is 64.0 Å². The fourth-order valence-corrected chi connectivity index (χ4v) is 3.06. The van der Waals surface area contributed by atoms with Crippen molar-refractivity contribution in [3.63, 3.8) is 0 Å². The molecule has 1 aromatic heterocycles. The highest BCUT2D eigenvalue weighted by Gasteiger charge is 2.16. The van der Waals surface area contributed by atoms with Gasteiger partial charge in [0.2, 0.25) is 0 Å². The Balaban J connectivity index is 1.90. The van der Waals surface area contributed by atoms with Gasteiger partial charge in [-0.15, -0.1) is 0 Å². The lowest BCUT2D eigenvalue weighted by atomic mass is 9.99. The predicted molar refractivity (Wildman–Crippen MR) is 88.4 cm³/mol. The molecule has 2 aromatic carbocycles. The third-order valence-electron chi connectivity index (χ3n) is 3.67. The van der Waals surface area contributed by atoms with Gasteiger partial charge in [0.05, 0.1) is 0 Å². The van der Waals surface area contributed by atoms with Crippen LogP contribution >= 0.6 is 15.9 Å². The predicted octanol–water partition coefficient (Wildman–Crippen LogP) is 4.40. The van der Waals surface area contributed by atoms with E-state index in [4.69, 9.17) is 4.42 Å². The number of fused-ring (bicyclic) bond motifs is 1. The molecule has 3 aromatic rings. The van der Waals surface area contributed by atoms with Crippen molar-refractivity contribution >= 4 is 27.0 Å². The minimum absolute atomic E-state index is 0.186. The van der Waals surface area contributed by atoms with Crippen LogP contribution in [0.15, 0.2) is 51.4 Å². The van der Waals surface area contributed by atoms with Crippen LogP contribution in [-0.2, 0) is 6.42 Å². The summed E-state index contributed by atoms with van der Waals surface area (Å²) in [6.45, 7) is 2.12. The Labute approximate surface area is 132 Å². The molecule has 0 aliphatic rings. The molecule has 1 heterocycles. The number of nitrogens with zero attached hydrogens (tertiary/aromatic N) is 1. The molecule has 1 N–H and O–H groups in total. The second-order valence-electron chi connectivity index (χ2n) is 5.12. The number of benzene rings is 2. The van der Waals surface area contributed by atoms with E-state index >= 15 is 0 Å². The van der Waals surface area contributed by atoms with Crippen LogP contribution in [0.5, 0.6) is 0 Å². The zero-order valence-corrected chi connectivity index (χ0v) is 13.6. The lowest BCUT2D eigenvalue weighted by molar-refractivity contribution is 0.473. The summed E-state index contributed by atoms with van der Waals surface area (Å²) in [4.78, 5) is 4.56. The summed E-state index contributed by atoms with van der Waals surface area (Å²) in [5, 5.41) is 3.36. The third kappa shape index (κ3) is 3.01. The van der Waals surface area contributed by atoms with Crippen LogP contribution in [0.3, 0.4) is 0 Å². The van der Waals surface area contributed by atoms with Crippen LogP contribution in [0.4, 0.5) is 0 Å². The largest absolute Gasteiger partial charge is 0.441 e. The molecule has 0 bridgehead atoms. The summed E-state index contributed by atoms with van der Waals surface area (Å²) in [6.07, 6.45) is 0.730. The first-order valence-corrected chi connectivity index (χ1v) is 7.74. The van der Waals surface area contributed by atoms with E-state index in [0.29, 0.717) is 0 Å². The highest BCUT2D eigenvalue weighted by atomic mass is 79.9. The van der Waals surface area contributed by atoms with E-state index in [2.05, 4.69) is 51.4 Å². The fourth-order valence-electron chi connectivity index (χ4n) is 2.58. The molecule has 3 rings (SSSR count). The molecule has 0 saturated carbocycles. The summed E-state index contributed by atoms with van der Waals surface area (Å²) in [7, 11) is 1.97. The van der Waals surface area contributed by atoms with Crippen molar-refractivity contribution in [2.45, 2.75) is 19.4 Å². The van der Waals surface area contributed by atoms with Gasteiger partial charge in [0.1, 0.15) is 5.52 Å². The van der Waals surface area contributed by atoms with E-state index in [1.807, 2.05) is 31.3 Å². The zero-order valence-electron chi connectivity index (χ0n) is 12.1. The van der Waals surface area contributed by atoms with Gasteiger partial charge in [0.15, 0.2) is 11.5 Å².